The van der Waals surface area contributed by atoms with E-state index >= 15 is 0 Å². The van der Waals surface area contributed by atoms with E-state index in [-0.39, 0.29) is 5.97 Å². The largest absolute Gasteiger partial charge is 0.498 e. The van der Waals surface area contributed by atoms with Crippen molar-refractivity contribution < 1.29 is 14.3 Å². The molecule has 0 N–H and O–H groups in total. The monoisotopic (exact) mass is 172 g/mol. The molecule has 3 nitrogen and oxygen atoms in total. The second kappa shape index (κ2) is 5.63. The van der Waals surface area contributed by atoms with Gasteiger partial charge in [-0.25, -0.2) is 0 Å². The van der Waals surface area contributed by atoms with Crippen molar-refractivity contribution in [3.05, 3.63) is 11.5 Å². The fourth-order valence-electron chi connectivity index (χ4n) is 0.955. The first kappa shape index (κ1) is 11.0. The van der Waals surface area contributed by atoms with Gasteiger partial charge < -0.3 is 9.47 Å². The van der Waals surface area contributed by atoms with Crippen molar-refractivity contribution in [3.8, 4) is 0 Å². The second-order valence-corrected chi connectivity index (χ2v) is 2.35. The minimum atomic E-state index is -0.296. The minimum Gasteiger partial charge on any atom is -0.498 e. The first-order valence-electron chi connectivity index (χ1n) is 4.10. The molecule has 0 saturated carbocycles. The Labute approximate surface area is 73.4 Å². The third kappa shape index (κ3) is 3.42. The number of hydrogen-bond acceptors (Lipinski definition) is 3. The van der Waals surface area contributed by atoms with Crippen molar-refractivity contribution in [1.82, 2.24) is 0 Å². The fraction of sp³-hybridized carbons (Fsp3) is 0.667. The van der Waals surface area contributed by atoms with Crippen molar-refractivity contribution in [1.29, 1.82) is 0 Å². The molecule has 0 aliphatic carbocycles. The zero-order valence-corrected chi connectivity index (χ0v) is 8.14. The van der Waals surface area contributed by atoms with Crippen LogP contribution in [-0.4, -0.2) is 13.1 Å². The van der Waals surface area contributed by atoms with E-state index in [4.69, 9.17) is 9.47 Å². The molecule has 0 unspecified atom stereocenters. The highest BCUT2D eigenvalue weighted by atomic mass is 16.6. The zero-order chi connectivity index (χ0) is 9.56. The quantitative estimate of drug-likeness (QED) is 0.482. The third-order valence-electron chi connectivity index (χ3n) is 1.47. The molecule has 0 heterocycles. The van der Waals surface area contributed by atoms with E-state index in [1.807, 2.05) is 13.8 Å². The minimum absolute atomic E-state index is 0.296. The summed E-state index contributed by atoms with van der Waals surface area (Å²) in [6.07, 6.45) is 1.42. The summed E-state index contributed by atoms with van der Waals surface area (Å²) in [6, 6.07) is 0. The van der Waals surface area contributed by atoms with Gasteiger partial charge in [0.05, 0.1) is 7.11 Å². The van der Waals surface area contributed by atoms with Gasteiger partial charge in [0.2, 0.25) is 0 Å². The average Bonchev–Trinajstić information content (AvgIpc) is 2.04. The summed E-state index contributed by atoms with van der Waals surface area (Å²) < 4.78 is 10.0. The van der Waals surface area contributed by atoms with E-state index in [2.05, 4.69) is 0 Å². The maximum absolute atomic E-state index is 10.6. The molecule has 0 spiro atoms. The van der Waals surface area contributed by atoms with Gasteiger partial charge in [0.1, 0.15) is 11.5 Å². The number of rotatable bonds is 4. The Kier molecular flexibility index (Phi) is 5.17. The molecular formula is C9H16O3. The van der Waals surface area contributed by atoms with E-state index in [9.17, 15) is 4.79 Å². The van der Waals surface area contributed by atoms with Crippen LogP contribution in [0.2, 0.25) is 0 Å². The summed E-state index contributed by atoms with van der Waals surface area (Å²) in [5.74, 6) is 1.08. The molecule has 0 radical (unpaired) electrons. The number of carbonyl (C=O) groups is 1. The first-order chi connectivity index (χ1) is 5.65. The number of ether oxygens (including phenoxy) is 2. The van der Waals surface area contributed by atoms with Crippen LogP contribution in [0.4, 0.5) is 0 Å². The van der Waals surface area contributed by atoms with Crippen LogP contribution >= 0.6 is 0 Å². The normalized spacial score (nSPS) is 12.0. The first-order valence-corrected chi connectivity index (χ1v) is 4.10. The van der Waals surface area contributed by atoms with E-state index in [1.54, 1.807) is 7.11 Å². The number of hydrogen-bond donors (Lipinski definition) is 0. The summed E-state index contributed by atoms with van der Waals surface area (Å²) in [4.78, 5) is 10.6. The predicted molar refractivity (Wildman–Crippen MR) is 46.4 cm³/mol. The Balaban J connectivity index is 4.45. The highest BCUT2D eigenvalue weighted by Crippen LogP contribution is 2.14. The predicted octanol–water partition coefficient (Wildman–Crippen LogP) is 2.23. The summed E-state index contributed by atoms with van der Waals surface area (Å²) in [5.41, 5.74) is 0. The molecule has 0 aromatic heterocycles. The van der Waals surface area contributed by atoms with Gasteiger partial charge >= 0.3 is 5.97 Å². The van der Waals surface area contributed by atoms with Gasteiger partial charge in [0.15, 0.2) is 0 Å². The maximum Gasteiger partial charge on any atom is 0.307 e. The van der Waals surface area contributed by atoms with Crippen molar-refractivity contribution in [2.45, 2.75) is 33.6 Å². The number of esters is 1. The molecule has 0 aromatic carbocycles. The van der Waals surface area contributed by atoms with Crippen molar-refractivity contribution >= 4 is 5.97 Å². The van der Waals surface area contributed by atoms with Gasteiger partial charge in [-0.2, -0.15) is 0 Å². The fourth-order valence-corrected chi connectivity index (χ4v) is 0.955. The van der Waals surface area contributed by atoms with Gasteiger partial charge in [0.25, 0.3) is 0 Å². The van der Waals surface area contributed by atoms with Crippen LogP contribution in [0.25, 0.3) is 0 Å². The lowest BCUT2D eigenvalue weighted by molar-refractivity contribution is -0.137. The molecule has 0 amide bonds. The smallest absolute Gasteiger partial charge is 0.307 e. The molecule has 0 rings (SSSR count). The lowest BCUT2D eigenvalue weighted by Crippen LogP contribution is -2.02. The molecular weight excluding hydrogens is 156 g/mol. The van der Waals surface area contributed by atoms with Gasteiger partial charge in [-0.05, 0) is 0 Å². The van der Waals surface area contributed by atoms with Gasteiger partial charge in [-0.3, -0.25) is 4.79 Å². The summed E-state index contributed by atoms with van der Waals surface area (Å²) in [7, 11) is 1.58. The Morgan fingerprint density at radius 3 is 1.92 bits per heavy atom. The summed E-state index contributed by atoms with van der Waals surface area (Å²) in [5, 5.41) is 0. The summed E-state index contributed by atoms with van der Waals surface area (Å²) >= 11 is 0. The van der Waals surface area contributed by atoms with E-state index in [1.165, 1.54) is 6.92 Å². The Hall–Kier alpha value is -0.990. The molecule has 70 valence electrons. The molecule has 0 aliphatic heterocycles. The van der Waals surface area contributed by atoms with Crippen LogP contribution in [0.3, 0.4) is 0 Å². The van der Waals surface area contributed by atoms with Crippen LogP contribution in [0.5, 0.6) is 0 Å². The van der Waals surface area contributed by atoms with Gasteiger partial charge in [0, 0.05) is 19.8 Å². The number of allylic oxidation sites excluding steroid dienone is 2. The van der Waals surface area contributed by atoms with Crippen molar-refractivity contribution in [3.63, 3.8) is 0 Å². The molecule has 0 bridgehead atoms. The van der Waals surface area contributed by atoms with Crippen molar-refractivity contribution in [2.24, 2.45) is 0 Å². The molecule has 0 aromatic rings. The highest BCUT2D eigenvalue weighted by molar-refractivity contribution is 5.67. The Morgan fingerprint density at radius 1 is 1.17 bits per heavy atom. The van der Waals surface area contributed by atoms with E-state index < -0.39 is 0 Å². The van der Waals surface area contributed by atoms with Crippen LogP contribution in [0.15, 0.2) is 11.5 Å². The topological polar surface area (TPSA) is 35.5 Å². The summed E-state index contributed by atoms with van der Waals surface area (Å²) in [6.45, 7) is 5.27. The molecule has 0 fully saturated rings. The molecule has 0 aliphatic rings. The van der Waals surface area contributed by atoms with Crippen molar-refractivity contribution in [2.75, 3.05) is 7.11 Å². The van der Waals surface area contributed by atoms with Crippen LogP contribution in [0, 0.1) is 0 Å². The maximum atomic E-state index is 10.6. The van der Waals surface area contributed by atoms with E-state index in [0.29, 0.717) is 12.2 Å². The van der Waals surface area contributed by atoms with Crippen LogP contribution in [0.1, 0.15) is 33.6 Å². The number of carbonyl (C=O) groups excluding carboxylic acids is 1. The molecule has 0 atom stereocenters. The lowest BCUT2D eigenvalue weighted by Gasteiger charge is -2.10. The highest BCUT2D eigenvalue weighted by Gasteiger charge is 2.06. The zero-order valence-electron chi connectivity index (χ0n) is 8.14. The average molecular weight is 172 g/mol. The second-order valence-electron chi connectivity index (χ2n) is 2.35. The lowest BCUT2D eigenvalue weighted by atomic mass is 10.3. The van der Waals surface area contributed by atoms with E-state index in [0.717, 1.165) is 12.2 Å². The SMILES string of the molecule is CC/C(OC)=C(\CC)OC(C)=O. The molecule has 3 heteroatoms. The Bertz CT molecular complexity index is 176. The van der Waals surface area contributed by atoms with Crippen LogP contribution in [-0.2, 0) is 14.3 Å². The Morgan fingerprint density at radius 2 is 1.67 bits per heavy atom. The van der Waals surface area contributed by atoms with Crippen LogP contribution < -0.4 is 0 Å². The third-order valence-corrected chi connectivity index (χ3v) is 1.47. The molecule has 0 saturated heterocycles. The standard InChI is InChI=1S/C9H16O3/c1-5-8(11-4)9(6-2)12-7(3)10/h5-6H2,1-4H3/b9-8-. The van der Waals surface area contributed by atoms with Gasteiger partial charge in [-0.1, -0.05) is 13.8 Å². The number of methoxy groups -OCH3 is 1. The van der Waals surface area contributed by atoms with Gasteiger partial charge in [-0.15, -0.1) is 0 Å². The molecule has 12 heavy (non-hydrogen) atoms.